The Bertz CT molecular complexity index is 462. The van der Waals surface area contributed by atoms with Gasteiger partial charge in [-0.2, -0.15) is 0 Å². The molecule has 0 bridgehead atoms. The molecule has 0 aliphatic heterocycles. The third-order valence-electron chi connectivity index (χ3n) is 4.93. The summed E-state index contributed by atoms with van der Waals surface area (Å²) in [4.78, 5) is 0. The van der Waals surface area contributed by atoms with Crippen molar-refractivity contribution in [3.63, 3.8) is 0 Å². The van der Waals surface area contributed by atoms with Crippen LogP contribution in [0.2, 0.25) is 6.25 Å². The van der Waals surface area contributed by atoms with Crippen LogP contribution in [0.15, 0.2) is 47.6 Å². The summed E-state index contributed by atoms with van der Waals surface area (Å²) in [7, 11) is 0. The zero-order valence-corrected chi connectivity index (χ0v) is 18.1. The molecule has 0 saturated heterocycles. The number of rotatable bonds is 10. The fraction of sp³-hybridized carbons (Fsp3) is 0.636. The summed E-state index contributed by atoms with van der Waals surface area (Å²) in [6.45, 7) is 9.53. The van der Waals surface area contributed by atoms with Gasteiger partial charge in [0.1, 0.15) is 0 Å². The molecule has 0 spiro atoms. The fourth-order valence-electron chi connectivity index (χ4n) is 3.73. The van der Waals surface area contributed by atoms with Gasteiger partial charge in [0.15, 0.2) is 0 Å². The molecule has 2 atom stereocenters. The summed E-state index contributed by atoms with van der Waals surface area (Å²) in [5.41, 5.74) is 3.19. The van der Waals surface area contributed by atoms with Crippen molar-refractivity contribution >= 4 is 0 Å². The van der Waals surface area contributed by atoms with Crippen molar-refractivity contribution < 1.29 is 23.2 Å². The van der Waals surface area contributed by atoms with Gasteiger partial charge in [0.2, 0.25) is 0 Å². The quantitative estimate of drug-likeness (QED) is 0.338. The van der Waals surface area contributed by atoms with Crippen molar-refractivity contribution in [3.8, 4) is 0 Å². The molecule has 0 aromatic carbocycles. The maximum absolute atomic E-state index is 2.61. The molecule has 1 heteroatoms. The second kappa shape index (κ2) is 8.80. The first-order chi connectivity index (χ1) is 11.0. The molecule has 2 rings (SSSR count). The first kappa shape index (κ1) is 19.2. The second-order valence-corrected chi connectivity index (χ2v) is 13.6. The van der Waals surface area contributed by atoms with Crippen LogP contribution in [-0.4, -0.2) is 0 Å². The monoisotopic (exact) mass is 388 g/mol. The van der Waals surface area contributed by atoms with Gasteiger partial charge in [-0.05, 0) is 0 Å². The predicted molar refractivity (Wildman–Crippen MR) is 99.5 cm³/mol. The van der Waals surface area contributed by atoms with Crippen molar-refractivity contribution in [2.45, 2.75) is 85.3 Å². The summed E-state index contributed by atoms with van der Waals surface area (Å²) >= 11 is -0.605. The Hall–Kier alpha value is -0.157. The van der Waals surface area contributed by atoms with Gasteiger partial charge >= 0.3 is 156 Å². The van der Waals surface area contributed by atoms with E-state index in [0.717, 1.165) is 0 Å². The number of hydrogen-bond donors (Lipinski definition) is 0. The van der Waals surface area contributed by atoms with E-state index in [4.69, 9.17) is 0 Å². The maximum atomic E-state index is 2.61. The molecule has 0 saturated carbocycles. The van der Waals surface area contributed by atoms with Crippen molar-refractivity contribution in [1.29, 1.82) is 0 Å². The molecule has 2 aliphatic carbocycles. The van der Waals surface area contributed by atoms with Crippen LogP contribution in [0.4, 0.5) is 0 Å². The third-order valence-corrected chi connectivity index (χ3v) is 9.11. The van der Waals surface area contributed by atoms with E-state index in [1.807, 2.05) is 0 Å². The minimum absolute atomic E-state index is 0.402. The SMILES string of the molecule is CCCCCC1=C[C](C)([Zr][C]2(C)C=CC(CCCCC)=C2)C=C1. The van der Waals surface area contributed by atoms with E-state index in [1.54, 1.807) is 11.1 Å². The molecule has 23 heavy (non-hydrogen) atoms. The summed E-state index contributed by atoms with van der Waals surface area (Å²) < 4.78 is 0.804. The van der Waals surface area contributed by atoms with E-state index in [2.05, 4.69) is 64.2 Å². The molecule has 0 radical (unpaired) electrons. The Balaban J connectivity index is 1.91. The van der Waals surface area contributed by atoms with E-state index in [-0.39, 0.29) is 0 Å². The zero-order valence-electron chi connectivity index (χ0n) is 15.6. The van der Waals surface area contributed by atoms with Gasteiger partial charge < -0.3 is 0 Å². The van der Waals surface area contributed by atoms with E-state index >= 15 is 0 Å². The second-order valence-electron chi connectivity index (χ2n) is 7.71. The van der Waals surface area contributed by atoms with E-state index < -0.39 is 23.2 Å². The third kappa shape index (κ3) is 6.01. The normalized spacial score (nSPS) is 29.0. The van der Waals surface area contributed by atoms with Crippen LogP contribution in [0.5, 0.6) is 0 Å². The van der Waals surface area contributed by atoms with Crippen LogP contribution in [0, 0.1) is 0 Å². The first-order valence-electron chi connectivity index (χ1n) is 9.60. The number of unbranched alkanes of at least 4 members (excludes halogenated alkanes) is 4. The topological polar surface area (TPSA) is 0 Å². The Kier molecular flexibility index (Phi) is 7.33. The van der Waals surface area contributed by atoms with E-state index in [9.17, 15) is 0 Å². The van der Waals surface area contributed by atoms with Gasteiger partial charge in [0.25, 0.3) is 0 Å². The summed E-state index contributed by atoms with van der Waals surface area (Å²) in [6, 6.07) is 0. The van der Waals surface area contributed by atoms with Crippen LogP contribution < -0.4 is 0 Å². The molecule has 0 aromatic rings. The summed E-state index contributed by atoms with van der Waals surface area (Å²) in [5, 5.41) is 0. The van der Waals surface area contributed by atoms with Crippen molar-refractivity contribution in [2.24, 2.45) is 0 Å². The average Bonchev–Trinajstić information content (AvgIpc) is 3.03. The van der Waals surface area contributed by atoms with Crippen LogP contribution in [0.25, 0.3) is 0 Å². The Morgan fingerprint density at radius 3 is 1.57 bits per heavy atom. The molecular formula is C22H34Zr. The van der Waals surface area contributed by atoms with Crippen LogP contribution >= 0.6 is 0 Å². The van der Waals surface area contributed by atoms with Crippen LogP contribution in [-0.2, 0) is 23.2 Å². The van der Waals surface area contributed by atoms with Gasteiger partial charge in [0, 0.05) is 0 Å². The van der Waals surface area contributed by atoms with Crippen molar-refractivity contribution in [2.75, 3.05) is 0 Å². The van der Waals surface area contributed by atoms with Gasteiger partial charge in [0.05, 0.1) is 0 Å². The molecule has 126 valence electrons. The van der Waals surface area contributed by atoms with Gasteiger partial charge in [-0.1, -0.05) is 0 Å². The summed E-state index contributed by atoms with van der Waals surface area (Å²) in [6.07, 6.45) is 25.7. The molecular weight excluding hydrogens is 355 g/mol. The molecule has 0 N–H and O–H groups in total. The van der Waals surface area contributed by atoms with Crippen LogP contribution in [0.1, 0.15) is 79.1 Å². The average molecular weight is 390 g/mol. The molecule has 0 nitrogen and oxygen atoms in total. The van der Waals surface area contributed by atoms with E-state index in [0.29, 0.717) is 6.25 Å². The molecule has 2 unspecified atom stereocenters. The number of allylic oxidation sites excluding steroid dienone is 8. The van der Waals surface area contributed by atoms with E-state index in [1.165, 1.54) is 51.4 Å². The Morgan fingerprint density at radius 2 is 1.17 bits per heavy atom. The Morgan fingerprint density at radius 1 is 0.739 bits per heavy atom. The van der Waals surface area contributed by atoms with Crippen molar-refractivity contribution in [3.05, 3.63) is 47.6 Å². The molecule has 0 amide bonds. The first-order valence-corrected chi connectivity index (χ1v) is 12.1. The van der Waals surface area contributed by atoms with Crippen LogP contribution in [0.3, 0.4) is 0 Å². The molecule has 0 heterocycles. The molecule has 0 fully saturated rings. The standard InChI is InChI=1S/2C11H17.Zr/c2*1-3-4-5-6-11-8-7-10(2)9-11;/h2*7-9H,3-6H2,1-2H3;. The number of hydrogen-bond acceptors (Lipinski definition) is 0. The fourth-order valence-corrected chi connectivity index (χ4v) is 8.67. The van der Waals surface area contributed by atoms with Gasteiger partial charge in [-0.15, -0.1) is 0 Å². The van der Waals surface area contributed by atoms with Crippen molar-refractivity contribution in [1.82, 2.24) is 0 Å². The molecule has 0 aromatic heterocycles. The van der Waals surface area contributed by atoms with Gasteiger partial charge in [-0.3, -0.25) is 0 Å². The molecule has 2 aliphatic rings. The summed E-state index contributed by atoms with van der Waals surface area (Å²) in [5.74, 6) is 0. The minimum atomic E-state index is -0.605. The predicted octanol–water partition coefficient (Wildman–Crippen LogP) is 7.58. The Labute approximate surface area is 155 Å². The van der Waals surface area contributed by atoms with Gasteiger partial charge in [-0.25, -0.2) is 0 Å². The zero-order chi connectivity index (χ0) is 16.8.